The number of hydrogen-bond donors (Lipinski definition) is 1. The predicted molar refractivity (Wildman–Crippen MR) is 61.0 cm³/mol. The monoisotopic (exact) mass is 227 g/mol. The molecule has 1 atom stereocenters. The van der Waals surface area contributed by atoms with Gasteiger partial charge < -0.3 is 15.2 Å². The fraction of sp³-hybridized carbons (Fsp3) is 0.500. The van der Waals surface area contributed by atoms with Crippen molar-refractivity contribution in [2.24, 2.45) is 5.73 Å². The van der Waals surface area contributed by atoms with Crippen LogP contribution in [0.1, 0.15) is 24.9 Å². The lowest BCUT2D eigenvalue weighted by Crippen LogP contribution is -2.09. The molecule has 0 aromatic heterocycles. The van der Waals surface area contributed by atoms with Crippen LogP contribution >= 0.6 is 0 Å². The van der Waals surface area contributed by atoms with Gasteiger partial charge in [0.15, 0.2) is 0 Å². The first-order chi connectivity index (χ1) is 7.65. The lowest BCUT2D eigenvalue weighted by Gasteiger charge is -2.13. The number of hydrogen-bond acceptors (Lipinski definition) is 3. The Morgan fingerprint density at radius 3 is 2.75 bits per heavy atom. The lowest BCUT2D eigenvalue weighted by atomic mass is 10.1. The first-order valence-electron chi connectivity index (χ1n) is 5.32. The Kier molecular flexibility index (Phi) is 5.22. The highest BCUT2D eigenvalue weighted by atomic mass is 19.1. The van der Waals surface area contributed by atoms with Gasteiger partial charge in [-0.05, 0) is 25.1 Å². The highest BCUT2D eigenvalue weighted by Crippen LogP contribution is 2.24. The molecule has 0 radical (unpaired) electrons. The minimum absolute atomic E-state index is 0.242. The van der Waals surface area contributed by atoms with Crippen LogP contribution in [0, 0.1) is 5.82 Å². The second-order valence-corrected chi connectivity index (χ2v) is 3.67. The van der Waals surface area contributed by atoms with Gasteiger partial charge in [0.05, 0.1) is 6.61 Å². The molecule has 1 aromatic rings. The highest BCUT2D eigenvalue weighted by molar-refractivity contribution is 5.36. The Morgan fingerprint density at radius 1 is 1.38 bits per heavy atom. The van der Waals surface area contributed by atoms with Crippen LogP contribution in [0.4, 0.5) is 4.39 Å². The van der Waals surface area contributed by atoms with Gasteiger partial charge in [0.1, 0.15) is 11.6 Å². The third kappa shape index (κ3) is 3.79. The maximum atomic E-state index is 13.0. The third-order valence-corrected chi connectivity index (χ3v) is 2.21. The zero-order chi connectivity index (χ0) is 12.0. The molecule has 16 heavy (non-hydrogen) atoms. The summed E-state index contributed by atoms with van der Waals surface area (Å²) in [6, 6.07) is 4.16. The van der Waals surface area contributed by atoms with Gasteiger partial charge in [-0.3, -0.25) is 0 Å². The number of nitrogens with two attached hydrogens (primary N) is 1. The van der Waals surface area contributed by atoms with Crippen LogP contribution in [0.2, 0.25) is 0 Å². The minimum atomic E-state index is -0.295. The Hall–Kier alpha value is -1.13. The van der Waals surface area contributed by atoms with E-state index in [-0.39, 0.29) is 11.9 Å². The zero-order valence-electron chi connectivity index (χ0n) is 9.70. The van der Waals surface area contributed by atoms with Gasteiger partial charge in [0.25, 0.3) is 0 Å². The van der Waals surface area contributed by atoms with Crippen molar-refractivity contribution in [1.29, 1.82) is 0 Å². The number of halogens is 1. The van der Waals surface area contributed by atoms with E-state index in [4.69, 9.17) is 15.2 Å². The third-order valence-electron chi connectivity index (χ3n) is 2.21. The second kappa shape index (κ2) is 6.45. The summed E-state index contributed by atoms with van der Waals surface area (Å²) in [5.74, 6) is 0.351. The Balaban J connectivity index is 2.64. The molecular weight excluding hydrogens is 209 g/mol. The number of methoxy groups -OCH3 is 1. The number of rotatable bonds is 6. The normalized spacial score (nSPS) is 12.5. The summed E-state index contributed by atoms with van der Waals surface area (Å²) in [7, 11) is 1.64. The molecule has 0 saturated carbocycles. The molecule has 0 bridgehead atoms. The summed E-state index contributed by atoms with van der Waals surface area (Å²) in [5.41, 5.74) is 6.43. The molecule has 3 nitrogen and oxygen atoms in total. The van der Waals surface area contributed by atoms with E-state index in [0.29, 0.717) is 24.5 Å². The van der Waals surface area contributed by atoms with E-state index in [1.54, 1.807) is 20.1 Å². The molecule has 4 heteroatoms. The van der Waals surface area contributed by atoms with E-state index in [9.17, 15) is 4.39 Å². The van der Waals surface area contributed by atoms with Crippen LogP contribution in [0.5, 0.6) is 5.75 Å². The van der Waals surface area contributed by atoms with E-state index in [2.05, 4.69) is 0 Å². The molecule has 0 saturated heterocycles. The zero-order valence-corrected chi connectivity index (χ0v) is 9.70. The van der Waals surface area contributed by atoms with Crippen molar-refractivity contribution in [3.8, 4) is 5.75 Å². The summed E-state index contributed by atoms with van der Waals surface area (Å²) in [4.78, 5) is 0. The number of ether oxygens (including phenoxy) is 2. The predicted octanol–water partition coefficient (Wildman–Crippen LogP) is 2.26. The topological polar surface area (TPSA) is 44.5 Å². The molecule has 0 aliphatic rings. The molecule has 0 amide bonds. The molecule has 1 rings (SSSR count). The Labute approximate surface area is 95.4 Å². The molecule has 0 unspecified atom stereocenters. The van der Waals surface area contributed by atoms with Crippen molar-refractivity contribution in [3.63, 3.8) is 0 Å². The highest BCUT2D eigenvalue weighted by Gasteiger charge is 2.09. The van der Waals surface area contributed by atoms with Crippen molar-refractivity contribution in [2.75, 3.05) is 20.3 Å². The van der Waals surface area contributed by atoms with E-state index >= 15 is 0 Å². The average Bonchev–Trinajstić information content (AvgIpc) is 2.26. The van der Waals surface area contributed by atoms with Crippen LogP contribution in [0.3, 0.4) is 0 Å². The molecule has 0 heterocycles. The summed E-state index contributed by atoms with van der Waals surface area (Å²) in [6.07, 6.45) is 0.798. The van der Waals surface area contributed by atoms with Crippen LogP contribution in [-0.2, 0) is 4.74 Å². The van der Waals surface area contributed by atoms with E-state index < -0.39 is 0 Å². The maximum absolute atomic E-state index is 13.0. The van der Waals surface area contributed by atoms with Crippen molar-refractivity contribution in [2.45, 2.75) is 19.4 Å². The van der Waals surface area contributed by atoms with E-state index in [0.717, 1.165) is 6.42 Å². The quantitative estimate of drug-likeness (QED) is 0.758. The first-order valence-corrected chi connectivity index (χ1v) is 5.32. The molecule has 0 aliphatic heterocycles. The van der Waals surface area contributed by atoms with Crippen LogP contribution in [-0.4, -0.2) is 20.3 Å². The average molecular weight is 227 g/mol. The van der Waals surface area contributed by atoms with Crippen molar-refractivity contribution in [3.05, 3.63) is 29.6 Å². The van der Waals surface area contributed by atoms with Gasteiger partial charge >= 0.3 is 0 Å². The molecule has 0 aliphatic carbocycles. The molecule has 0 fully saturated rings. The summed E-state index contributed by atoms with van der Waals surface area (Å²) >= 11 is 0. The maximum Gasteiger partial charge on any atom is 0.124 e. The second-order valence-electron chi connectivity index (χ2n) is 3.67. The van der Waals surface area contributed by atoms with Gasteiger partial charge in [-0.1, -0.05) is 0 Å². The van der Waals surface area contributed by atoms with Crippen molar-refractivity contribution >= 4 is 0 Å². The Morgan fingerprint density at radius 2 is 2.12 bits per heavy atom. The summed E-state index contributed by atoms with van der Waals surface area (Å²) < 4.78 is 23.5. The van der Waals surface area contributed by atoms with E-state index in [1.807, 2.05) is 0 Å². The molecule has 1 aromatic carbocycles. The van der Waals surface area contributed by atoms with Crippen molar-refractivity contribution < 1.29 is 13.9 Å². The first kappa shape index (κ1) is 12.9. The van der Waals surface area contributed by atoms with Gasteiger partial charge in [-0.2, -0.15) is 0 Å². The largest absolute Gasteiger partial charge is 0.493 e. The smallest absolute Gasteiger partial charge is 0.124 e. The van der Waals surface area contributed by atoms with E-state index in [1.165, 1.54) is 12.1 Å². The molecule has 2 N–H and O–H groups in total. The minimum Gasteiger partial charge on any atom is -0.493 e. The fourth-order valence-corrected chi connectivity index (χ4v) is 1.39. The van der Waals surface area contributed by atoms with Crippen molar-refractivity contribution in [1.82, 2.24) is 0 Å². The molecular formula is C12H18FNO2. The van der Waals surface area contributed by atoms with Crippen LogP contribution < -0.4 is 10.5 Å². The SMILES string of the molecule is COCCCOc1ccc(F)cc1[C@@H](C)N. The van der Waals surface area contributed by atoms with Gasteiger partial charge in [-0.15, -0.1) is 0 Å². The Bertz CT molecular complexity index is 329. The lowest BCUT2D eigenvalue weighted by molar-refractivity contribution is 0.171. The summed E-state index contributed by atoms with van der Waals surface area (Å²) in [5, 5.41) is 0. The van der Waals surface area contributed by atoms with Gasteiger partial charge in [0.2, 0.25) is 0 Å². The molecule has 0 spiro atoms. The van der Waals surface area contributed by atoms with Crippen LogP contribution in [0.25, 0.3) is 0 Å². The number of benzene rings is 1. The molecule has 90 valence electrons. The fourth-order valence-electron chi connectivity index (χ4n) is 1.39. The van der Waals surface area contributed by atoms with Crippen LogP contribution in [0.15, 0.2) is 18.2 Å². The standard InChI is InChI=1S/C12H18FNO2/c1-9(14)11-8-10(13)4-5-12(11)16-7-3-6-15-2/h4-5,8-9H,3,6-7,14H2,1-2H3/t9-/m1/s1. The summed E-state index contributed by atoms with van der Waals surface area (Å²) in [6.45, 7) is 2.99. The van der Waals surface area contributed by atoms with Gasteiger partial charge in [0, 0.05) is 31.7 Å². The van der Waals surface area contributed by atoms with Gasteiger partial charge in [-0.25, -0.2) is 4.39 Å².